The normalized spacial score (nSPS) is 12.3. The van der Waals surface area contributed by atoms with Gasteiger partial charge in [-0.05, 0) is 18.4 Å². The molecule has 0 aromatic carbocycles. The Morgan fingerprint density at radius 1 is 1.56 bits per heavy atom. The minimum atomic E-state index is -0.249. The van der Waals surface area contributed by atoms with E-state index < -0.39 is 0 Å². The first-order valence-electron chi connectivity index (χ1n) is 6.00. The molecule has 0 aliphatic heterocycles. The van der Waals surface area contributed by atoms with Gasteiger partial charge in [0.25, 0.3) is 5.91 Å². The number of rotatable bonds is 6. The Morgan fingerprint density at radius 3 is 2.83 bits per heavy atom. The van der Waals surface area contributed by atoms with Crippen molar-refractivity contribution >= 4 is 5.91 Å². The highest BCUT2D eigenvalue weighted by molar-refractivity contribution is 5.92. The Balaban J connectivity index is 2.73. The lowest BCUT2D eigenvalue weighted by atomic mass is 10.0. The van der Waals surface area contributed by atoms with Crippen LogP contribution in [-0.4, -0.2) is 35.8 Å². The molecule has 0 saturated carbocycles. The van der Waals surface area contributed by atoms with Crippen LogP contribution in [0.3, 0.4) is 0 Å². The van der Waals surface area contributed by atoms with Crippen LogP contribution in [0.4, 0.5) is 0 Å². The summed E-state index contributed by atoms with van der Waals surface area (Å²) in [6, 6.07) is 3.21. The molecule has 0 aliphatic rings. The number of nitrogens with one attached hydrogen (secondary N) is 1. The van der Waals surface area contributed by atoms with Crippen molar-refractivity contribution in [3.8, 4) is 5.75 Å². The molecule has 1 aromatic heterocycles. The monoisotopic (exact) mass is 252 g/mol. The van der Waals surface area contributed by atoms with Crippen LogP contribution in [0.1, 0.15) is 30.8 Å². The van der Waals surface area contributed by atoms with Crippen molar-refractivity contribution in [1.82, 2.24) is 10.3 Å². The van der Waals surface area contributed by atoms with E-state index in [1.165, 1.54) is 6.20 Å². The van der Waals surface area contributed by atoms with Gasteiger partial charge in [-0.3, -0.25) is 9.78 Å². The van der Waals surface area contributed by atoms with E-state index in [9.17, 15) is 4.79 Å². The van der Waals surface area contributed by atoms with Crippen molar-refractivity contribution in [1.29, 1.82) is 0 Å². The maximum absolute atomic E-state index is 12.0. The van der Waals surface area contributed by atoms with Crippen molar-refractivity contribution in [2.75, 3.05) is 13.7 Å². The molecule has 1 aromatic rings. The summed E-state index contributed by atoms with van der Waals surface area (Å²) in [4.78, 5) is 16.0. The summed E-state index contributed by atoms with van der Waals surface area (Å²) >= 11 is 0. The highest BCUT2D eigenvalue weighted by atomic mass is 16.5. The average Bonchev–Trinajstić information content (AvgIpc) is 2.38. The van der Waals surface area contributed by atoms with Crippen molar-refractivity contribution in [2.45, 2.75) is 26.3 Å². The lowest BCUT2D eigenvalue weighted by Gasteiger charge is -2.21. The van der Waals surface area contributed by atoms with Gasteiger partial charge in [0.05, 0.1) is 7.11 Å². The molecule has 5 nitrogen and oxygen atoms in total. The minimum absolute atomic E-state index is 0.0503. The molecular weight excluding hydrogens is 232 g/mol. The first kappa shape index (κ1) is 14.4. The number of hydrogen-bond acceptors (Lipinski definition) is 4. The number of carbonyl (C=O) groups is 1. The zero-order chi connectivity index (χ0) is 13.5. The summed E-state index contributed by atoms with van der Waals surface area (Å²) < 4.78 is 5.04. The number of amides is 1. The van der Waals surface area contributed by atoms with Gasteiger partial charge in [0.2, 0.25) is 0 Å². The second kappa shape index (κ2) is 6.96. The summed E-state index contributed by atoms with van der Waals surface area (Å²) in [7, 11) is 1.54. The Kier molecular flexibility index (Phi) is 5.58. The average molecular weight is 252 g/mol. The molecule has 1 heterocycles. The van der Waals surface area contributed by atoms with E-state index in [2.05, 4.69) is 10.3 Å². The standard InChI is InChI=1S/C13H20N2O3/c1-9(2)11(5-7-16)15-13(17)12-8-10(18-3)4-6-14-12/h4,6,8-9,11,16H,5,7H2,1-3H3,(H,15,17). The fraction of sp³-hybridized carbons (Fsp3) is 0.538. The van der Waals surface area contributed by atoms with Gasteiger partial charge in [-0.25, -0.2) is 0 Å². The quantitative estimate of drug-likeness (QED) is 0.798. The summed E-state index contributed by atoms with van der Waals surface area (Å²) in [6.07, 6.45) is 2.07. The Morgan fingerprint density at radius 2 is 2.28 bits per heavy atom. The first-order chi connectivity index (χ1) is 8.58. The number of aliphatic hydroxyl groups excluding tert-OH is 1. The lowest BCUT2D eigenvalue weighted by Crippen LogP contribution is -2.39. The van der Waals surface area contributed by atoms with Crippen LogP contribution in [0, 0.1) is 5.92 Å². The van der Waals surface area contributed by atoms with E-state index in [4.69, 9.17) is 9.84 Å². The Labute approximate surface area is 107 Å². The molecule has 0 spiro atoms. The van der Waals surface area contributed by atoms with Gasteiger partial charge in [-0.1, -0.05) is 13.8 Å². The third-order valence-electron chi connectivity index (χ3n) is 2.76. The van der Waals surface area contributed by atoms with Crippen LogP contribution in [0.15, 0.2) is 18.3 Å². The van der Waals surface area contributed by atoms with Gasteiger partial charge in [-0.15, -0.1) is 0 Å². The number of hydrogen-bond donors (Lipinski definition) is 2. The summed E-state index contributed by atoms with van der Waals surface area (Å²) in [5, 5.41) is 11.8. The van der Waals surface area contributed by atoms with Gasteiger partial charge < -0.3 is 15.2 Å². The number of ether oxygens (including phenoxy) is 1. The molecule has 2 N–H and O–H groups in total. The maximum atomic E-state index is 12.0. The molecule has 0 fully saturated rings. The molecule has 0 radical (unpaired) electrons. The molecule has 5 heteroatoms. The molecule has 100 valence electrons. The van der Waals surface area contributed by atoms with Gasteiger partial charge in [0.15, 0.2) is 0 Å². The van der Waals surface area contributed by atoms with E-state index in [1.54, 1.807) is 19.2 Å². The van der Waals surface area contributed by atoms with Crippen LogP contribution in [0.5, 0.6) is 5.75 Å². The largest absolute Gasteiger partial charge is 0.497 e. The summed E-state index contributed by atoms with van der Waals surface area (Å²) in [6.45, 7) is 4.05. The third-order valence-corrected chi connectivity index (χ3v) is 2.76. The van der Waals surface area contributed by atoms with E-state index in [1.807, 2.05) is 13.8 Å². The molecule has 0 saturated heterocycles. The Bertz CT molecular complexity index is 394. The van der Waals surface area contributed by atoms with Crippen molar-refractivity contribution < 1.29 is 14.6 Å². The topological polar surface area (TPSA) is 71.5 Å². The number of nitrogens with zero attached hydrogens (tertiary/aromatic N) is 1. The van der Waals surface area contributed by atoms with E-state index in [0.29, 0.717) is 17.9 Å². The molecule has 1 amide bonds. The van der Waals surface area contributed by atoms with Gasteiger partial charge in [0, 0.05) is 24.9 Å². The predicted octanol–water partition coefficient (Wildman–Crippen LogP) is 1.23. The van der Waals surface area contributed by atoms with Crippen LogP contribution in [-0.2, 0) is 0 Å². The number of aromatic nitrogens is 1. The highest BCUT2D eigenvalue weighted by Gasteiger charge is 2.17. The zero-order valence-electron chi connectivity index (χ0n) is 11.0. The lowest BCUT2D eigenvalue weighted by molar-refractivity contribution is 0.0911. The number of pyridine rings is 1. The molecule has 0 aliphatic carbocycles. The molecule has 1 rings (SSSR count). The molecule has 1 atom stereocenters. The summed E-state index contributed by atoms with van der Waals surface area (Å²) in [5.41, 5.74) is 0.318. The van der Waals surface area contributed by atoms with E-state index in [-0.39, 0.29) is 24.5 Å². The highest BCUT2D eigenvalue weighted by Crippen LogP contribution is 2.11. The fourth-order valence-corrected chi connectivity index (χ4v) is 1.62. The maximum Gasteiger partial charge on any atom is 0.270 e. The number of carbonyl (C=O) groups excluding carboxylic acids is 1. The second-order valence-corrected chi connectivity index (χ2v) is 4.42. The van der Waals surface area contributed by atoms with Crippen LogP contribution in [0.25, 0.3) is 0 Å². The molecular formula is C13H20N2O3. The molecule has 1 unspecified atom stereocenters. The van der Waals surface area contributed by atoms with Crippen LogP contribution in [0.2, 0.25) is 0 Å². The fourth-order valence-electron chi connectivity index (χ4n) is 1.62. The number of aliphatic hydroxyl groups is 1. The van der Waals surface area contributed by atoms with Gasteiger partial charge in [0.1, 0.15) is 11.4 Å². The summed E-state index contributed by atoms with van der Waals surface area (Å²) in [5.74, 6) is 0.603. The third kappa shape index (κ3) is 4.00. The van der Waals surface area contributed by atoms with Crippen molar-refractivity contribution in [2.24, 2.45) is 5.92 Å². The van der Waals surface area contributed by atoms with E-state index in [0.717, 1.165) is 0 Å². The molecule has 0 bridgehead atoms. The zero-order valence-corrected chi connectivity index (χ0v) is 11.0. The van der Waals surface area contributed by atoms with Gasteiger partial charge >= 0.3 is 0 Å². The SMILES string of the molecule is COc1ccnc(C(=O)NC(CCO)C(C)C)c1. The van der Waals surface area contributed by atoms with Gasteiger partial charge in [-0.2, -0.15) is 0 Å². The number of methoxy groups -OCH3 is 1. The van der Waals surface area contributed by atoms with Crippen molar-refractivity contribution in [3.63, 3.8) is 0 Å². The second-order valence-electron chi connectivity index (χ2n) is 4.42. The van der Waals surface area contributed by atoms with Crippen LogP contribution >= 0.6 is 0 Å². The van der Waals surface area contributed by atoms with E-state index >= 15 is 0 Å². The van der Waals surface area contributed by atoms with Crippen molar-refractivity contribution in [3.05, 3.63) is 24.0 Å². The first-order valence-corrected chi connectivity index (χ1v) is 6.00. The smallest absolute Gasteiger partial charge is 0.270 e. The molecule has 18 heavy (non-hydrogen) atoms. The predicted molar refractivity (Wildman–Crippen MR) is 68.6 cm³/mol. The minimum Gasteiger partial charge on any atom is -0.497 e. The Hall–Kier alpha value is -1.62. The van der Waals surface area contributed by atoms with Crippen LogP contribution < -0.4 is 10.1 Å².